The molecule has 7 heteroatoms. The van der Waals surface area contributed by atoms with E-state index in [4.69, 9.17) is 4.74 Å². The van der Waals surface area contributed by atoms with Crippen molar-refractivity contribution in [3.8, 4) is 0 Å². The molecule has 1 aromatic rings. The minimum atomic E-state index is -0.471. The van der Waals surface area contributed by atoms with Gasteiger partial charge in [-0.05, 0) is 28.3 Å². The third-order valence-electron chi connectivity index (χ3n) is 2.25. The van der Waals surface area contributed by atoms with E-state index in [-0.39, 0.29) is 5.69 Å². The lowest BCUT2D eigenvalue weighted by Gasteiger charge is -2.09. The van der Waals surface area contributed by atoms with Crippen molar-refractivity contribution in [1.82, 2.24) is 4.98 Å². The monoisotopic (exact) mass is 331 g/mol. The van der Waals surface area contributed by atoms with Gasteiger partial charge in [-0.15, -0.1) is 0 Å². The molecule has 0 unspecified atom stereocenters. The fraction of sp³-hybridized carbons (Fsp3) is 0.583. The van der Waals surface area contributed by atoms with Gasteiger partial charge in [0.2, 0.25) is 0 Å². The van der Waals surface area contributed by atoms with Crippen molar-refractivity contribution in [2.45, 2.75) is 20.3 Å². The van der Waals surface area contributed by atoms with E-state index in [1.807, 2.05) is 0 Å². The largest absolute Gasteiger partial charge is 0.381 e. The highest BCUT2D eigenvalue weighted by molar-refractivity contribution is 9.10. The summed E-state index contributed by atoms with van der Waals surface area (Å²) in [5.74, 6) is 1.15. The molecule has 0 saturated carbocycles. The molecule has 0 amide bonds. The average molecular weight is 332 g/mol. The smallest absolute Gasteiger partial charge is 0.288 e. The minimum Gasteiger partial charge on any atom is -0.381 e. The normalized spacial score (nSPS) is 10.7. The molecule has 19 heavy (non-hydrogen) atoms. The molecule has 0 aliphatic rings. The molecule has 1 N–H and O–H groups in total. The summed E-state index contributed by atoms with van der Waals surface area (Å²) >= 11 is 3.26. The molecule has 0 fully saturated rings. The summed E-state index contributed by atoms with van der Waals surface area (Å²) in [6, 6.07) is 1.44. The number of nitrogens with one attached hydrogen (secondary N) is 1. The Labute approximate surface area is 120 Å². The van der Waals surface area contributed by atoms with Gasteiger partial charge in [0.25, 0.3) is 5.69 Å². The van der Waals surface area contributed by atoms with Crippen LogP contribution in [0.3, 0.4) is 0 Å². The number of hydrogen-bond acceptors (Lipinski definition) is 5. The van der Waals surface area contributed by atoms with Crippen molar-refractivity contribution in [3.63, 3.8) is 0 Å². The van der Waals surface area contributed by atoms with E-state index in [2.05, 4.69) is 40.1 Å². The van der Waals surface area contributed by atoms with Gasteiger partial charge in [-0.3, -0.25) is 10.1 Å². The third kappa shape index (κ3) is 5.98. The molecule has 6 nitrogen and oxygen atoms in total. The quantitative estimate of drug-likeness (QED) is 0.449. The number of rotatable bonds is 8. The van der Waals surface area contributed by atoms with Gasteiger partial charge in [-0.1, -0.05) is 13.8 Å². The van der Waals surface area contributed by atoms with Gasteiger partial charge < -0.3 is 10.1 Å². The highest BCUT2D eigenvalue weighted by atomic mass is 79.9. The van der Waals surface area contributed by atoms with E-state index in [1.54, 1.807) is 0 Å². The molecule has 0 saturated heterocycles. The molecule has 0 bridgehead atoms. The molecular formula is C12H18BrN3O3. The van der Waals surface area contributed by atoms with Gasteiger partial charge >= 0.3 is 0 Å². The predicted octanol–water partition coefficient (Wildman–Crippen LogP) is 3.23. The van der Waals surface area contributed by atoms with Gasteiger partial charge in [-0.25, -0.2) is 4.98 Å². The summed E-state index contributed by atoms with van der Waals surface area (Å²) in [4.78, 5) is 14.1. The second-order valence-corrected chi connectivity index (χ2v) is 5.38. The number of aromatic nitrogens is 1. The molecule has 1 heterocycles. The van der Waals surface area contributed by atoms with E-state index in [9.17, 15) is 10.1 Å². The molecule has 0 spiro atoms. The number of hydrogen-bond donors (Lipinski definition) is 1. The second kappa shape index (κ2) is 8.06. The molecule has 106 valence electrons. The Hall–Kier alpha value is -1.21. The number of nitro groups is 1. The van der Waals surface area contributed by atoms with Crippen molar-refractivity contribution in [2.24, 2.45) is 5.92 Å². The second-order valence-electron chi connectivity index (χ2n) is 4.53. The Balaban J connectivity index is 2.32. The Morgan fingerprint density at radius 2 is 2.32 bits per heavy atom. The zero-order valence-electron chi connectivity index (χ0n) is 11.1. The zero-order valence-corrected chi connectivity index (χ0v) is 12.6. The Morgan fingerprint density at radius 1 is 1.58 bits per heavy atom. The average Bonchev–Trinajstić information content (AvgIpc) is 2.34. The van der Waals surface area contributed by atoms with Crippen LogP contribution in [0.25, 0.3) is 0 Å². The standard InChI is InChI=1S/C12H18BrN3O3/c1-9(2)8-19-5-3-4-14-12-11(13)6-10(7-15-12)16(17)18/h6-7,9H,3-5,8H2,1-2H3,(H,14,15). The summed E-state index contributed by atoms with van der Waals surface area (Å²) < 4.78 is 6.04. The first-order valence-electron chi connectivity index (χ1n) is 6.12. The van der Waals surface area contributed by atoms with Crippen LogP contribution in [0.5, 0.6) is 0 Å². The topological polar surface area (TPSA) is 77.3 Å². The van der Waals surface area contributed by atoms with Crippen LogP contribution in [-0.4, -0.2) is 29.7 Å². The number of ether oxygens (including phenoxy) is 1. The SMILES string of the molecule is CC(C)COCCCNc1ncc([N+](=O)[O-])cc1Br. The van der Waals surface area contributed by atoms with Crippen LogP contribution in [0.15, 0.2) is 16.7 Å². The highest BCUT2D eigenvalue weighted by Gasteiger charge is 2.09. The minimum absolute atomic E-state index is 0.0299. The lowest BCUT2D eigenvalue weighted by atomic mass is 10.2. The summed E-state index contributed by atoms with van der Waals surface area (Å²) in [5, 5.41) is 13.7. The van der Waals surface area contributed by atoms with Gasteiger partial charge in [0.15, 0.2) is 0 Å². The first-order chi connectivity index (χ1) is 9.00. The van der Waals surface area contributed by atoms with Crippen LogP contribution < -0.4 is 5.32 Å². The molecule has 0 radical (unpaired) electrons. The molecule has 0 aromatic carbocycles. The van der Waals surface area contributed by atoms with Crippen molar-refractivity contribution < 1.29 is 9.66 Å². The lowest BCUT2D eigenvalue weighted by Crippen LogP contribution is -2.09. The third-order valence-corrected chi connectivity index (χ3v) is 2.85. The number of anilines is 1. The fourth-order valence-corrected chi connectivity index (χ4v) is 1.83. The fourth-order valence-electron chi connectivity index (χ4n) is 1.36. The number of pyridine rings is 1. The molecule has 0 aliphatic heterocycles. The van der Waals surface area contributed by atoms with Crippen molar-refractivity contribution in [3.05, 3.63) is 26.9 Å². The van der Waals surface area contributed by atoms with Crippen molar-refractivity contribution >= 4 is 27.4 Å². The van der Waals surface area contributed by atoms with E-state index in [0.29, 0.717) is 29.4 Å². The Kier molecular flexibility index (Phi) is 6.72. The van der Waals surface area contributed by atoms with Gasteiger partial charge in [0.1, 0.15) is 12.0 Å². The van der Waals surface area contributed by atoms with Crippen LogP contribution >= 0.6 is 15.9 Å². The maximum atomic E-state index is 10.6. The summed E-state index contributed by atoms with van der Waals surface area (Å²) in [6.45, 7) is 6.38. The first kappa shape index (κ1) is 15.8. The molecular weight excluding hydrogens is 314 g/mol. The number of halogens is 1. The first-order valence-corrected chi connectivity index (χ1v) is 6.91. The van der Waals surface area contributed by atoms with E-state index in [1.165, 1.54) is 12.3 Å². The summed E-state index contributed by atoms with van der Waals surface area (Å²) in [6.07, 6.45) is 2.10. The number of nitrogens with zero attached hydrogens (tertiary/aromatic N) is 2. The zero-order chi connectivity index (χ0) is 14.3. The maximum absolute atomic E-state index is 10.6. The van der Waals surface area contributed by atoms with Gasteiger partial charge in [0.05, 0.1) is 9.40 Å². The molecule has 0 aliphatic carbocycles. The highest BCUT2D eigenvalue weighted by Crippen LogP contribution is 2.24. The van der Waals surface area contributed by atoms with Gasteiger partial charge in [0, 0.05) is 25.8 Å². The van der Waals surface area contributed by atoms with E-state index >= 15 is 0 Å². The maximum Gasteiger partial charge on any atom is 0.288 e. The van der Waals surface area contributed by atoms with E-state index in [0.717, 1.165) is 13.0 Å². The van der Waals surface area contributed by atoms with Gasteiger partial charge in [-0.2, -0.15) is 0 Å². The summed E-state index contributed by atoms with van der Waals surface area (Å²) in [7, 11) is 0. The van der Waals surface area contributed by atoms with Crippen molar-refractivity contribution in [1.29, 1.82) is 0 Å². The van der Waals surface area contributed by atoms with Crippen LogP contribution in [-0.2, 0) is 4.74 Å². The molecule has 1 rings (SSSR count). The van der Waals surface area contributed by atoms with E-state index < -0.39 is 4.92 Å². The lowest BCUT2D eigenvalue weighted by molar-refractivity contribution is -0.385. The van der Waals surface area contributed by atoms with Crippen LogP contribution in [0, 0.1) is 16.0 Å². The van der Waals surface area contributed by atoms with Crippen LogP contribution in [0.1, 0.15) is 20.3 Å². The molecule has 0 atom stereocenters. The predicted molar refractivity (Wildman–Crippen MR) is 77.4 cm³/mol. The molecule has 1 aromatic heterocycles. The van der Waals surface area contributed by atoms with Crippen LogP contribution in [0.4, 0.5) is 11.5 Å². The van der Waals surface area contributed by atoms with Crippen LogP contribution in [0.2, 0.25) is 0 Å². The Morgan fingerprint density at radius 3 is 2.89 bits per heavy atom. The Bertz CT molecular complexity index is 427. The summed E-state index contributed by atoms with van der Waals surface area (Å²) in [5.41, 5.74) is -0.0299. The van der Waals surface area contributed by atoms with Crippen molar-refractivity contribution in [2.75, 3.05) is 25.1 Å².